The predicted molar refractivity (Wildman–Crippen MR) is 60.4 cm³/mol. The molecule has 2 atom stereocenters. The van der Waals surface area contributed by atoms with Crippen LogP contribution in [-0.4, -0.2) is 25.3 Å². The first-order valence-corrected chi connectivity index (χ1v) is 5.94. The molecule has 14 heavy (non-hydrogen) atoms. The second-order valence-corrected chi connectivity index (χ2v) is 5.17. The van der Waals surface area contributed by atoms with Crippen molar-refractivity contribution in [3.63, 3.8) is 0 Å². The Morgan fingerprint density at radius 1 is 1.29 bits per heavy atom. The minimum Gasteiger partial charge on any atom is -0.377 e. The zero-order valence-electron chi connectivity index (χ0n) is 10.0. The van der Waals surface area contributed by atoms with E-state index in [0.29, 0.717) is 12.1 Å². The average molecular weight is 199 g/mol. The van der Waals surface area contributed by atoms with Gasteiger partial charge in [0.15, 0.2) is 0 Å². The van der Waals surface area contributed by atoms with Gasteiger partial charge in [0.1, 0.15) is 0 Å². The molecule has 1 saturated heterocycles. The van der Waals surface area contributed by atoms with E-state index in [0.717, 1.165) is 25.0 Å². The standard InChI is InChI=1S/C12H25NO/c1-9(2)5-6-14-11-7-12(10(3)4)13-8-11/h9-13H,5-8H2,1-4H3. The summed E-state index contributed by atoms with van der Waals surface area (Å²) in [7, 11) is 0. The molecule has 0 aromatic carbocycles. The lowest BCUT2D eigenvalue weighted by Crippen LogP contribution is -2.26. The first kappa shape index (κ1) is 12.0. The van der Waals surface area contributed by atoms with Gasteiger partial charge in [0.25, 0.3) is 0 Å². The molecule has 1 aliphatic heterocycles. The maximum Gasteiger partial charge on any atom is 0.0714 e. The van der Waals surface area contributed by atoms with Gasteiger partial charge in [-0.25, -0.2) is 0 Å². The molecule has 0 bridgehead atoms. The van der Waals surface area contributed by atoms with Gasteiger partial charge < -0.3 is 10.1 Å². The lowest BCUT2D eigenvalue weighted by atomic mass is 10.0. The topological polar surface area (TPSA) is 21.3 Å². The number of ether oxygens (including phenoxy) is 1. The van der Waals surface area contributed by atoms with Crippen LogP contribution < -0.4 is 5.32 Å². The van der Waals surface area contributed by atoms with E-state index in [4.69, 9.17) is 4.74 Å². The van der Waals surface area contributed by atoms with E-state index in [-0.39, 0.29) is 0 Å². The van der Waals surface area contributed by atoms with E-state index in [9.17, 15) is 0 Å². The Morgan fingerprint density at radius 2 is 2.00 bits per heavy atom. The van der Waals surface area contributed by atoms with Crippen LogP contribution in [0.3, 0.4) is 0 Å². The van der Waals surface area contributed by atoms with Crippen LogP contribution in [0.4, 0.5) is 0 Å². The highest BCUT2D eigenvalue weighted by Gasteiger charge is 2.26. The Balaban J connectivity index is 2.10. The SMILES string of the molecule is CC(C)CCOC1CNC(C(C)C)C1. The van der Waals surface area contributed by atoms with Crippen molar-refractivity contribution in [3.8, 4) is 0 Å². The van der Waals surface area contributed by atoms with Gasteiger partial charge in [0.2, 0.25) is 0 Å². The number of nitrogens with one attached hydrogen (secondary N) is 1. The molecule has 0 radical (unpaired) electrons. The maximum atomic E-state index is 5.83. The molecule has 2 nitrogen and oxygen atoms in total. The highest BCUT2D eigenvalue weighted by Crippen LogP contribution is 2.17. The van der Waals surface area contributed by atoms with Gasteiger partial charge >= 0.3 is 0 Å². The van der Waals surface area contributed by atoms with Crippen LogP contribution >= 0.6 is 0 Å². The average Bonchev–Trinajstić information content (AvgIpc) is 2.52. The van der Waals surface area contributed by atoms with Crippen LogP contribution in [0.5, 0.6) is 0 Å². The van der Waals surface area contributed by atoms with Crippen molar-refractivity contribution >= 4 is 0 Å². The molecular weight excluding hydrogens is 174 g/mol. The first-order valence-electron chi connectivity index (χ1n) is 5.94. The second-order valence-electron chi connectivity index (χ2n) is 5.17. The lowest BCUT2D eigenvalue weighted by Gasteiger charge is -2.15. The molecule has 0 amide bonds. The van der Waals surface area contributed by atoms with Crippen LogP contribution in [0, 0.1) is 11.8 Å². The monoisotopic (exact) mass is 199 g/mol. The minimum atomic E-state index is 0.459. The summed E-state index contributed by atoms with van der Waals surface area (Å²) < 4.78 is 5.83. The van der Waals surface area contributed by atoms with E-state index >= 15 is 0 Å². The van der Waals surface area contributed by atoms with Gasteiger partial charge in [-0.05, 0) is 24.7 Å². The van der Waals surface area contributed by atoms with Crippen LogP contribution in [0.15, 0.2) is 0 Å². The largest absolute Gasteiger partial charge is 0.377 e. The predicted octanol–water partition coefficient (Wildman–Crippen LogP) is 2.44. The molecule has 84 valence electrons. The summed E-state index contributed by atoms with van der Waals surface area (Å²) in [6, 6.07) is 0.666. The molecule has 1 aliphatic rings. The third-order valence-corrected chi connectivity index (χ3v) is 2.98. The molecule has 0 aromatic heterocycles. The van der Waals surface area contributed by atoms with E-state index in [1.807, 2.05) is 0 Å². The summed E-state index contributed by atoms with van der Waals surface area (Å²) in [4.78, 5) is 0. The summed E-state index contributed by atoms with van der Waals surface area (Å²) in [5.74, 6) is 1.49. The van der Waals surface area contributed by atoms with Gasteiger partial charge in [0, 0.05) is 19.2 Å². The molecule has 0 aliphatic carbocycles. The second kappa shape index (κ2) is 5.72. The fourth-order valence-corrected chi connectivity index (χ4v) is 1.84. The van der Waals surface area contributed by atoms with Crippen LogP contribution in [0.25, 0.3) is 0 Å². The molecule has 1 rings (SSSR count). The molecule has 2 heteroatoms. The van der Waals surface area contributed by atoms with Crippen LogP contribution in [-0.2, 0) is 4.74 Å². The Morgan fingerprint density at radius 3 is 2.50 bits per heavy atom. The number of hydrogen-bond acceptors (Lipinski definition) is 2. The maximum absolute atomic E-state index is 5.83. The molecule has 1 heterocycles. The normalized spacial score (nSPS) is 27.9. The van der Waals surface area contributed by atoms with Crippen LogP contribution in [0.1, 0.15) is 40.5 Å². The summed E-state index contributed by atoms with van der Waals surface area (Å²) >= 11 is 0. The summed E-state index contributed by atoms with van der Waals surface area (Å²) in [5.41, 5.74) is 0. The first-order chi connectivity index (χ1) is 6.59. The number of rotatable bonds is 5. The molecule has 2 unspecified atom stereocenters. The Hall–Kier alpha value is -0.0800. The molecule has 0 spiro atoms. The number of hydrogen-bond donors (Lipinski definition) is 1. The van der Waals surface area contributed by atoms with Gasteiger partial charge in [-0.1, -0.05) is 27.7 Å². The quantitative estimate of drug-likeness (QED) is 0.734. The Bertz CT molecular complexity index is 156. The smallest absolute Gasteiger partial charge is 0.0714 e. The van der Waals surface area contributed by atoms with Crippen molar-refractivity contribution in [2.75, 3.05) is 13.2 Å². The van der Waals surface area contributed by atoms with E-state index in [1.165, 1.54) is 12.8 Å². The highest BCUT2D eigenvalue weighted by molar-refractivity contribution is 4.84. The minimum absolute atomic E-state index is 0.459. The van der Waals surface area contributed by atoms with E-state index in [1.54, 1.807) is 0 Å². The van der Waals surface area contributed by atoms with Crippen molar-refractivity contribution in [2.24, 2.45) is 11.8 Å². The zero-order valence-corrected chi connectivity index (χ0v) is 10.0. The summed E-state index contributed by atoms with van der Waals surface area (Å²) in [6.45, 7) is 11.0. The van der Waals surface area contributed by atoms with Crippen molar-refractivity contribution in [2.45, 2.75) is 52.7 Å². The van der Waals surface area contributed by atoms with Gasteiger partial charge in [-0.15, -0.1) is 0 Å². The summed E-state index contributed by atoms with van der Waals surface area (Å²) in [5, 5.41) is 3.52. The zero-order chi connectivity index (χ0) is 10.6. The van der Waals surface area contributed by atoms with Gasteiger partial charge in [0.05, 0.1) is 6.10 Å². The van der Waals surface area contributed by atoms with Crippen molar-refractivity contribution < 1.29 is 4.74 Å². The highest BCUT2D eigenvalue weighted by atomic mass is 16.5. The third-order valence-electron chi connectivity index (χ3n) is 2.98. The fourth-order valence-electron chi connectivity index (χ4n) is 1.84. The van der Waals surface area contributed by atoms with Crippen molar-refractivity contribution in [3.05, 3.63) is 0 Å². The fraction of sp³-hybridized carbons (Fsp3) is 1.00. The lowest BCUT2D eigenvalue weighted by molar-refractivity contribution is 0.0573. The molecule has 1 N–H and O–H groups in total. The third kappa shape index (κ3) is 3.97. The van der Waals surface area contributed by atoms with Crippen molar-refractivity contribution in [1.29, 1.82) is 0 Å². The van der Waals surface area contributed by atoms with Crippen molar-refractivity contribution in [1.82, 2.24) is 5.32 Å². The molecular formula is C12H25NO. The van der Waals surface area contributed by atoms with Crippen LogP contribution in [0.2, 0.25) is 0 Å². The molecule has 0 saturated carbocycles. The van der Waals surface area contributed by atoms with Gasteiger partial charge in [-0.2, -0.15) is 0 Å². The van der Waals surface area contributed by atoms with E-state index < -0.39 is 0 Å². The molecule has 0 aromatic rings. The Labute approximate surface area is 88.4 Å². The van der Waals surface area contributed by atoms with Gasteiger partial charge in [-0.3, -0.25) is 0 Å². The van der Waals surface area contributed by atoms with E-state index in [2.05, 4.69) is 33.0 Å². The summed E-state index contributed by atoms with van der Waals surface area (Å²) in [6.07, 6.45) is 2.83. The Kier molecular flexibility index (Phi) is 4.90. The molecule has 1 fully saturated rings.